The standard InChI is InChI=1S/C13H18FNO3/c1-9-5-15(6-10(7-16)18-9)13-4-2-3-12(14)11(13)8-17/h2-4,9-10,16-17H,5-8H2,1H3. The predicted octanol–water partition coefficient (Wildman–Crippen LogP) is 0.904. The highest BCUT2D eigenvalue weighted by Gasteiger charge is 2.26. The zero-order valence-corrected chi connectivity index (χ0v) is 10.3. The predicted molar refractivity (Wildman–Crippen MR) is 66.0 cm³/mol. The molecule has 2 atom stereocenters. The van der Waals surface area contributed by atoms with Gasteiger partial charge in [0.05, 0.1) is 25.4 Å². The molecule has 0 aromatic heterocycles. The van der Waals surface area contributed by atoms with E-state index < -0.39 is 5.82 Å². The third-order valence-corrected chi connectivity index (χ3v) is 3.12. The number of benzene rings is 1. The van der Waals surface area contributed by atoms with Crippen molar-refractivity contribution >= 4 is 5.69 Å². The number of nitrogens with zero attached hydrogens (tertiary/aromatic N) is 1. The summed E-state index contributed by atoms with van der Waals surface area (Å²) in [6.07, 6.45) is -0.311. The third kappa shape index (κ3) is 2.63. The number of rotatable bonds is 3. The van der Waals surface area contributed by atoms with Gasteiger partial charge in [0.15, 0.2) is 0 Å². The van der Waals surface area contributed by atoms with Gasteiger partial charge in [-0.2, -0.15) is 0 Å². The summed E-state index contributed by atoms with van der Waals surface area (Å²) in [6, 6.07) is 4.74. The second-order valence-electron chi connectivity index (χ2n) is 4.55. The maximum Gasteiger partial charge on any atom is 0.130 e. The largest absolute Gasteiger partial charge is 0.394 e. The van der Waals surface area contributed by atoms with Crippen LogP contribution < -0.4 is 4.90 Å². The minimum absolute atomic E-state index is 0.0364. The number of halogens is 1. The first-order valence-electron chi connectivity index (χ1n) is 6.05. The van der Waals surface area contributed by atoms with Crippen molar-refractivity contribution in [1.82, 2.24) is 0 Å². The summed E-state index contributed by atoms with van der Waals surface area (Å²) in [5.41, 5.74) is 0.967. The molecule has 0 bridgehead atoms. The molecule has 18 heavy (non-hydrogen) atoms. The first kappa shape index (κ1) is 13.3. The molecule has 0 amide bonds. The van der Waals surface area contributed by atoms with E-state index in [1.54, 1.807) is 12.1 Å². The molecular formula is C13H18FNO3. The van der Waals surface area contributed by atoms with Gasteiger partial charge in [0.1, 0.15) is 5.82 Å². The summed E-state index contributed by atoms with van der Waals surface area (Å²) in [6.45, 7) is 2.62. The average molecular weight is 255 g/mol. The van der Waals surface area contributed by atoms with Gasteiger partial charge >= 0.3 is 0 Å². The molecular weight excluding hydrogens is 237 g/mol. The second-order valence-corrected chi connectivity index (χ2v) is 4.55. The van der Waals surface area contributed by atoms with Crippen LogP contribution in [0.4, 0.5) is 10.1 Å². The van der Waals surface area contributed by atoms with E-state index in [4.69, 9.17) is 4.74 Å². The third-order valence-electron chi connectivity index (χ3n) is 3.12. The fourth-order valence-electron chi connectivity index (χ4n) is 2.34. The van der Waals surface area contributed by atoms with Gasteiger partial charge in [-0.15, -0.1) is 0 Å². The van der Waals surface area contributed by atoms with E-state index in [0.29, 0.717) is 24.3 Å². The zero-order valence-electron chi connectivity index (χ0n) is 10.3. The summed E-state index contributed by atoms with van der Waals surface area (Å²) in [7, 11) is 0. The Morgan fingerprint density at radius 3 is 2.83 bits per heavy atom. The van der Waals surface area contributed by atoms with E-state index in [2.05, 4.69) is 0 Å². The fraction of sp³-hybridized carbons (Fsp3) is 0.538. The maximum absolute atomic E-state index is 13.6. The summed E-state index contributed by atoms with van der Waals surface area (Å²) in [4.78, 5) is 1.95. The zero-order chi connectivity index (χ0) is 13.1. The lowest BCUT2D eigenvalue weighted by atomic mass is 10.1. The lowest BCUT2D eigenvalue weighted by Gasteiger charge is -2.38. The van der Waals surface area contributed by atoms with Gasteiger partial charge in [-0.05, 0) is 19.1 Å². The Labute approximate surface area is 106 Å². The second kappa shape index (κ2) is 5.65. The first-order chi connectivity index (χ1) is 8.65. The van der Waals surface area contributed by atoms with Crippen molar-refractivity contribution in [1.29, 1.82) is 0 Å². The summed E-state index contributed by atoms with van der Waals surface area (Å²) >= 11 is 0. The number of anilines is 1. The van der Waals surface area contributed by atoms with Gasteiger partial charge in [0.2, 0.25) is 0 Å². The molecule has 4 nitrogen and oxygen atoms in total. The van der Waals surface area contributed by atoms with Crippen LogP contribution in [0, 0.1) is 5.82 Å². The molecule has 1 aromatic carbocycles. The minimum atomic E-state index is -0.408. The number of hydrogen-bond donors (Lipinski definition) is 2. The Hall–Kier alpha value is -1.17. The van der Waals surface area contributed by atoms with Gasteiger partial charge in [-0.25, -0.2) is 4.39 Å². The molecule has 2 unspecified atom stereocenters. The van der Waals surface area contributed by atoms with Crippen LogP contribution in [0.2, 0.25) is 0 Å². The van der Waals surface area contributed by atoms with E-state index in [9.17, 15) is 14.6 Å². The molecule has 5 heteroatoms. The molecule has 1 aliphatic rings. The topological polar surface area (TPSA) is 52.9 Å². The molecule has 2 N–H and O–H groups in total. The van der Waals surface area contributed by atoms with Crippen LogP contribution in [0.25, 0.3) is 0 Å². The quantitative estimate of drug-likeness (QED) is 0.842. The number of ether oxygens (including phenoxy) is 1. The Balaban J connectivity index is 2.27. The van der Waals surface area contributed by atoms with E-state index in [1.807, 2.05) is 11.8 Å². The van der Waals surface area contributed by atoms with Crippen molar-refractivity contribution in [2.75, 3.05) is 24.6 Å². The Morgan fingerprint density at radius 1 is 1.39 bits per heavy atom. The molecule has 0 aliphatic carbocycles. The number of aliphatic hydroxyl groups is 2. The van der Waals surface area contributed by atoms with Crippen molar-refractivity contribution in [2.24, 2.45) is 0 Å². The number of aliphatic hydroxyl groups excluding tert-OH is 2. The average Bonchev–Trinajstić information content (AvgIpc) is 2.37. The Morgan fingerprint density at radius 2 is 2.17 bits per heavy atom. The Kier molecular flexibility index (Phi) is 4.16. The van der Waals surface area contributed by atoms with Crippen LogP contribution in [0.1, 0.15) is 12.5 Å². The molecule has 2 rings (SSSR count). The number of hydrogen-bond acceptors (Lipinski definition) is 4. The van der Waals surface area contributed by atoms with Crippen LogP contribution in [0.15, 0.2) is 18.2 Å². The molecule has 1 fully saturated rings. The van der Waals surface area contributed by atoms with Crippen LogP contribution in [-0.4, -0.2) is 42.1 Å². The first-order valence-corrected chi connectivity index (χ1v) is 6.05. The van der Waals surface area contributed by atoms with Gasteiger partial charge in [0.25, 0.3) is 0 Å². The molecule has 1 saturated heterocycles. The lowest BCUT2D eigenvalue weighted by Crippen LogP contribution is -2.48. The minimum Gasteiger partial charge on any atom is -0.394 e. The van der Waals surface area contributed by atoms with Crippen molar-refractivity contribution < 1.29 is 19.3 Å². The summed E-state index contributed by atoms with van der Waals surface area (Å²) in [5.74, 6) is -0.408. The molecule has 0 saturated carbocycles. The summed E-state index contributed by atoms with van der Waals surface area (Å²) in [5, 5.41) is 18.5. The molecule has 0 spiro atoms. The Bertz CT molecular complexity index is 413. The van der Waals surface area contributed by atoms with Crippen molar-refractivity contribution in [3.8, 4) is 0 Å². The highest BCUT2D eigenvalue weighted by molar-refractivity contribution is 5.54. The van der Waals surface area contributed by atoms with Crippen molar-refractivity contribution in [2.45, 2.75) is 25.7 Å². The van der Waals surface area contributed by atoms with Crippen LogP contribution in [0.3, 0.4) is 0 Å². The van der Waals surface area contributed by atoms with E-state index in [-0.39, 0.29) is 25.4 Å². The molecule has 100 valence electrons. The highest BCUT2D eigenvalue weighted by Crippen LogP contribution is 2.26. The smallest absolute Gasteiger partial charge is 0.130 e. The van der Waals surface area contributed by atoms with E-state index in [1.165, 1.54) is 6.07 Å². The SMILES string of the molecule is CC1CN(c2cccc(F)c2CO)CC(CO)O1. The van der Waals surface area contributed by atoms with Gasteiger partial charge in [-0.3, -0.25) is 0 Å². The van der Waals surface area contributed by atoms with E-state index in [0.717, 1.165) is 0 Å². The normalized spacial score (nSPS) is 24.3. The maximum atomic E-state index is 13.6. The lowest BCUT2D eigenvalue weighted by molar-refractivity contribution is -0.0422. The van der Waals surface area contributed by atoms with Crippen LogP contribution >= 0.6 is 0 Å². The van der Waals surface area contributed by atoms with Gasteiger partial charge in [0, 0.05) is 24.3 Å². The van der Waals surface area contributed by atoms with Crippen LogP contribution in [-0.2, 0) is 11.3 Å². The molecule has 1 aromatic rings. The fourth-order valence-corrected chi connectivity index (χ4v) is 2.34. The van der Waals surface area contributed by atoms with Gasteiger partial charge in [-0.1, -0.05) is 6.07 Å². The van der Waals surface area contributed by atoms with Crippen molar-refractivity contribution in [3.63, 3.8) is 0 Å². The monoisotopic (exact) mass is 255 g/mol. The summed E-state index contributed by atoms with van der Waals surface area (Å²) < 4.78 is 19.2. The van der Waals surface area contributed by atoms with Crippen LogP contribution in [0.5, 0.6) is 0 Å². The molecule has 1 heterocycles. The molecule has 0 radical (unpaired) electrons. The number of morpholine rings is 1. The van der Waals surface area contributed by atoms with E-state index >= 15 is 0 Å². The van der Waals surface area contributed by atoms with Crippen molar-refractivity contribution in [3.05, 3.63) is 29.6 Å². The highest BCUT2D eigenvalue weighted by atomic mass is 19.1. The van der Waals surface area contributed by atoms with Gasteiger partial charge < -0.3 is 19.8 Å². The molecule has 1 aliphatic heterocycles.